The summed E-state index contributed by atoms with van der Waals surface area (Å²) in [4.78, 5) is 9.11. The van der Waals surface area contributed by atoms with Crippen LogP contribution < -0.4 is 5.73 Å². The summed E-state index contributed by atoms with van der Waals surface area (Å²) in [5.74, 6) is 2.06. The number of hydrogen-bond donors (Lipinski definition) is 1. The van der Waals surface area contributed by atoms with Crippen molar-refractivity contribution in [2.75, 3.05) is 5.73 Å². The van der Waals surface area contributed by atoms with Gasteiger partial charge in [-0.25, -0.2) is 9.97 Å². The summed E-state index contributed by atoms with van der Waals surface area (Å²) in [7, 11) is 0. The standard InChI is InChI=1S/C15H22N4/c1-9-4-7-13(10(2)8-9)19-14-12(18-15(19)16)6-5-11(3)17-14/h5-6,9-10,13H,4,7-8H2,1-3H3,(H2,16,18). The number of hydrogen-bond acceptors (Lipinski definition) is 3. The predicted molar refractivity (Wildman–Crippen MR) is 77.9 cm³/mol. The van der Waals surface area contributed by atoms with Crippen LogP contribution >= 0.6 is 0 Å². The smallest absolute Gasteiger partial charge is 0.202 e. The molecular weight excluding hydrogens is 236 g/mol. The van der Waals surface area contributed by atoms with Gasteiger partial charge in [-0.2, -0.15) is 0 Å². The van der Waals surface area contributed by atoms with E-state index in [2.05, 4.69) is 28.4 Å². The zero-order valence-electron chi connectivity index (χ0n) is 11.9. The van der Waals surface area contributed by atoms with Crippen LogP contribution in [0.2, 0.25) is 0 Å². The summed E-state index contributed by atoms with van der Waals surface area (Å²) in [6.07, 6.45) is 3.70. The molecule has 0 amide bonds. The van der Waals surface area contributed by atoms with Crippen LogP contribution in [0.4, 0.5) is 5.95 Å². The van der Waals surface area contributed by atoms with E-state index >= 15 is 0 Å². The van der Waals surface area contributed by atoms with Gasteiger partial charge < -0.3 is 5.73 Å². The van der Waals surface area contributed by atoms with Gasteiger partial charge in [0.2, 0.25) is 5.95 Å². The van der Waals surface area contributed by atoms with E-state index in [0.717, 1.165) is 22.8 Å². The van der Waals surface area contributed by atoms with E-state index in [4.69, 9.17) is 5.73 Å². The number of pyridine rings is 1. The third-order valence-corrected chi connectivity index (χ3v) is 4.42. The molecule has 1 aliphatic carbocycles. The number of nitrogens with zero attached hydrogens (tertiary/aromatic N) is 3. The molecule has 3 rings (SSSR count). The Morgan fingerprint density at radius 1 is 1.21 bits per heavy atom. The first-order chi connectivity index (χ1) is 9.06. The first-order valence-electron chi connectivity index (χ1n) is 7.17. The lowest BCUT2D eigenvalue weighted by molar-refractivity contribution is 0.212. The lowest BCUT2D eigenvalue weighted by Gasteiger charge is -2.34. The monoisotopic (exact) mass is 258 g/mol. The molecule has 2 aromatic rings. The molecule has 1 saturated carbocycles. The van der Waals surface area contributed by atoms with Crippen molar-refractivity contribution >= 4 is 17.1 Å². The molecule has 4 nitrogen and oxygen atoms in total. The fraction of sp³-hybridized carbons (Fsp3) is 0.600. The first kappa shape index (κ1) is 12.5. The molecule has 1 fully saturated rings. The lowest BCUT2D eigenvalue weighted by atomic mass is 9.80. The molecule has 4 heteroatoms. The molecule has 0 aromatic carbocycles. The Morgan fingerprint density at radius 2 is 2.00 bits per heavy atom. The van der Waals surface area contributed by atoms with E-state index in [1.54, 1.807) is 0 Å². The maximum Gasteiger partial charge on any atom is 0.202 e. The van der Waals surface area contributed by atoms with Crippen LogP contribution in [0.3, 0.4) is 0 Å². The fourth-order valence-electron chi connectivity index (χ4n) is 3.45. The molecule has 0 spiro atoms. The summed E-state index contributed by atoms with van der Waals surface area (Å²) < 4.78 is 2.17. The molecule has 3 unspecified atom stereocenters. The van der Waals surface area contributed by atoms with E-state index < -0.39 is 0 Å². The summed E-state index contributed by atoms with van der Waals surface area (Å²) >= 11 is 0. The van der Waals surface area contributed by atoms with E-state index in [-0.39, 0.29) is 0 Å². The minimum absolute atomic E-state index is 0.440. The number of fused-ring (bicyclic) bond motifs is 1. The highest BCUT2D eigenvalue weighted by molar-refractivity contribution is 5.74. The van der Waals surface area contributed by atoms with E-state index in [1.165, 1.54) is 19.3 Å². The maximum atomic E-state index is 6.14. The van der Waals surface area contributed by atoms with Gasteiger partial charge in [-0.1, -0.05) is 13.8 Å². The first-order valence-corrected chi connectivity index (χ1v) is 7.17. The van der Waals surface area contributed by atoms with Gasteiger partial charge in [-0.15, -0.1) is 0 Å². The van der Waals surface area contributed by atoms with Gasteiger partial charge in [0.15, 0.2) is 5.65 Å². The normalized spacial score (nSPS) is 27.8. The van der Waals surface area contributed by atoms with Crippen LogP contribution in [0, 0.1) is 18.8 Å². The molecule has 2 heterocycles. The quantitative estimate of drug-likeness (QED) is 0.853. The maximum absolute atomic E-state index is 6.14. The average Bonchev–Trinajstić information content (AvgIpc) is 2.65. The molecule has 0 saturated heterocycles. The Morgan fingerprint density at radius 3 is 2.74 bits per heavy atom. The third-order valence-electron chi connectivity index (χ3n) is 4.42. The van der Waals surface area contributed by atoms with Crippen LogP contribution in [0.25, 0.3) is 11.2 Å². The lowest BCUT2D eigenvalue weighted by Crippen LogP contribution is -2.25. The summed E-state index contributed by atoms with van der Waals surface area (Å²) in [5.41, 5.74) is 9.02. The third kappa shape index (κ3) is 2.09. The summed E-state index contributed by atoms with van der Waals surface area (Å²) in [6.45, 7) is 6.67. The van der Waals surface area contributed by atoms with Gasteiger partial charge in [0.1, 0.15) is 5.52 Å². The van der Waals surface area contributed by atoms with Crippen LogP contribution in [0.15, 0.2) is 12.1 Å². The molecule has 2 N–H and O–H groups in total. The Kier molecular flexibility index (Phi) is 2.96. The van der Waals surface area contributed by atoms with Gasteiger partial charge in [-0.05, 0) is 50.2 Å². The van der Waals surface area contributed by atoms with E-state index in [9.17, 15) is 0 Å². The van der Waals surface area contributed by atoms with Crippen molar-refractivity contribution in [3.05, 3.63) is 17.8 Å². The number of nitrogen functional groups attached to an aromatic ring is 1. The molecule has 0 bridgehead atoms. The van der Waals surface area contributed by atoms with Gasteiger partial charge in [-0.3, -0.25) is 4.57 Å². The number of imidazole rings is 1. The molecule has 0 radical (unpaired) electrons. The number of anilines is 1. The van der Waals surface area contributed by atoms with Gasteiger partial charge >= 0.3 is 0 Å². The Balaban J connectivity index is 2.09. The molecule has 102 valence electrons. The fourth-order valence-corrected chi connectivity index (χ4v) is 3.45. The molecular formula is C15H22N4. The van der Waals surface area contributed by atoms with Crippen LogP contribution in [0.1, 0.15) is 44.8 Å². The molecule has 19 heavy (non-hydrogen) atoms. The highest BCUT2D eigenvalue weighted by atomic mass is 15.2. The Labute approximate surface area is 114 Å². The second-order valence-corrected chi connectivity index (χ2v) is 6.10. The van der Waals surface area contributed by atoms with Crippen molar-refractivity contribution in [2.45, 2.75) is 46.1 Å². The second kappa shape index (κ2) is 4.51. The van der Waals surface area contributed by atoms with Gasteiger partial charge in [0, 0.05) is 11.7 Å². The highest BCUT2D eigenvalue weighted by Gasteiger charge is 2.29. The zero-order chi connectivity index (χ0) is 13.6. The summed E-state index contributed by atoms with van der Waals surface area (Å²) in [6, 6.07) is 4.45. The predicted octanol–water partition coefficient (Wildman–Crippen LogP) is 3.32. The van der Waals surface area contributed by atoms with Crippen molar-refractivity contribution in [2.24, 2.45) is 11.8 Å². The number of rotatable bonds is 1. The number of nitrogens with two attached hydrogens (primary N) is 1. The Hall–Kier alpha value is -1.58. The van der Waals surface area contributed by atoms with Gasteiger partial charge in [0.05, 0.1) is 0 Å². The van der Waals surface area contributed by atoms with E-state index in [0.29, 0.717) is 17.9 Å². The highest BCUT2D eigenvalue weighted by Crippen LogP contribution is 2.39. The zero-order valence-corrected chi connectivity index (χ0v) is 11.9. The second-order valence-electron chi connectivity index (χ2n) is 6.10. The topological polar surface area (TPSA) is 56.7 Å². The van der Waals surface area contributed by atoms with Gasteiger partial charge in [0.25, 0.3) is 0 Å². The van der Waals surface area contributed by atoms with Crippen molar-refractivity contribution in [1.82, 2.24) is 14.5 Å². The minimum atomic E-state index is 0.440. The average molecular weight is 258 g/mol. The van der Waals surface area contributed by atoms with E-state index in [1.807, 2.05) is 19.1 Å². The minimum Gasteiger partial charge on any atom is -0.369 e. The van der Waals surface area contributed by atoms with Crippen LogP contribution in [-0.4, -0.2) is 14.5 Å². The SMILES string of the molecule is Cc1ccc2nc(N)n(C3CCC(C)CC3C)c2n1. The molecule has 0 aliphatic heterocycles. The van der Waals surface area contributed by atoms with Crippen molar-refractivity contribution in [3.63, 3.8) is 0 Å². The molecule has 1 aliphatic rings. The Bertz CT molecular complexity index is 601. The largest absolute Gasteiger partial charge is 0.369 e. The van der Waals surface area contributed by atoms with Crippen molar-refractivity contribution in [1.29, 1.82) is 0 Å². The van der Waals surface area contributed by atoms with Crippen LogP contribution in [0.5, 0.6) is 0 Å². The number of aromatic nitrogens is 3. The van der Waals surface area contributed by atoms with Crippen molar-refractivity contribution < 1.29 is 0 Å². The number of aryl methyl sites for hydroxylation is 1. The van der Waals surface area contributed by atoms with Crippen molar-refractivity contribution in [3.8, 4) is 0 Å². The summed E-state index contributed by atoms with van der Waals surface area (Å²) in [5, 5.41) is 0. The molecule has 3 atom stereocenters. The van der Waals surface area contributed by atoms with Crippen LogP contribution in [-0.2, 0) is 0 Å². The molecule has 2 aromatic heterocycles.